The minimum absolute atomic E-state index is 0.0729. The summed E-state index contributed by atoms with van der Waals surface area (Å²) in [6.45, 7) is 7.19. The van der Waals surface area contributed by atoms with Crippen molar-refractivity contribution in [1.29, 1.82) is 0 Å². The molecule has 2 N–H and O–H groups in total. The van der Waals surface area contributed by atoms with Crippen molar-refractivity contribution in [3.63, 3.8) is 0 Å². The van der Waals surface area contributed by atoms with Crippen LogP contribution in [-0.2, 0) is 6.42 Å². The molecule has 1 amide bonds. The summed E-state index contributed by atoms with van der Waals surface area (Å²) in [5.74, 6) is 0.667. The Morgan fingerprint density at radius 2 is 1.90 bits per heavy atom. The molecule has 1 aromatic carbocycles. The molecule has 0 aliphatic carbocycles. The number of aryl methyl sites for hydroxylation is 1. The zero-order chi connectivity index (χ0) is 15.7. The Morgan fingerprint density at radius 3 is 2.52 bits per heavy atom. The van der Waals surface area contributed by atoms with E-state index in [1.165, 1.54) is 19.3 Å². The Kier molecular flexibility index (Phi) is 7.88. The normalized spacial score (nSPS) is 10.9. The summed E-state index contributed by atoms with van der Waals surface area (Å²) >= 11 is 0. The number of amides is 1. The van der Waals surface area contributed by atoms with E-state index in [-0.39, 0.29) is 11.7 Å². The lowest BCUT2D eigenvalue weighted by Crippen LogP contribution is -2.24. The van der Waals surface area contributed by atoms with Crippen molar-refractivity contribution in [1.82, 2.24) is 5.32 Å². The Hall–Kier alpha value is -1.51. The smallest absolute Gasteiger partial charge is 0.255 e. The van der Waals surface area contributed by atoms with Crippen molar-refractivity contribution < 1.29 is 9.90 Å². The van der Waals surface area contributed by atoms with Crippen molar-refractivity contribution in [2.75, 3.05) is 6.54 Å². The number of unbranched alkanes of at least 4 members (excludes halogenated alkanes) is 3. The van der Waals surface area contributed by atoms with Gasteiger partial charge in [0.25, 0.3) is 5.91 Å². The van der Waals surface area contributed by atoms with Gasteiger partial charge in [0.05, 0.1) is 5.56 Å². The van der Waals surface area contributed by atoms with Gasteiger partial charge in [-0.25, -0.2) is 0 Å². The SMILES string of the molecule is CCc1ccc(C(=O)NCCCCCCC(C)C)c(O)c1. The standard InChI is InChI=1S/C18H29NO2/c1-4-15-10-11-16(17(20)13-15)18(21)19-12-8-6-5-7-9-14(2)3/h10-11,13-14,20H,4-9,12H2,1-3H3,(H,19,21). The summed E-state index contributed by atoms with van der Waals surface area (Å²) < 4.78 is 0. The molecule has 0 saturated carbocycles. The van der Waals surface area contributed by atoms with Crippen LogP contribution in [0.3, 0.4) is 0 Å². The van der Waals surface area contributed by atoms with Gasteiger partial charge in [-0.05, 0) is 36.5 Å². The average molecular weight is 291 g/mol. The Balaban J connectivity index is 2.25. The zero-order valence-electron chi connectivity index (χ0n) is 13.6. The molecule has 1 rings (SSSR count). The number of hydrogen-bond donors (Lipinski definition) is 2. The van der Waals surface area contributed by atoms with E-state index in [0.29, 0.717) is 12.1 Å². The van der Waals surface area contributed by atoms with Gasteiger partial charge in [0.1, 0.15) is 5.75 Å². The fourth-order valence-corrected chi connectivity index (χ4v) is 2.32. The van der Waals surface area contributed by atoms with Gasteiger partial charge in [-0.15, -0.1) is 0 Å². The highest BCUT2D eigenvalue weighted by Crippen LogP contribution is 2.19. The number of phenolic OH excluding ortho intramolecular Hbond substituents is 1. The molecular formula is C18H29NO2. The highest BCUT2D eigenvalue weighted by Gasteiger charge is 2.10. The molecule has 0 aromatic heterocycles. The number of carbonyl (C=O) groups excluding carboxylic acids is 1. The molecule has 0 saturated heterocycles. The van der Waals surface area contributed by atoms with Crippen LogP contribution >= 0.6 is 0 Å². The molecule has 0 spiro atoms. The Bertz CT molecular complexity index is 441. The topological polar surface area (TPSA) is 49.3 Å². The Morgan fingerprint density at radius 1 is 1.19 bits per heavy atom. The van der Waals surface area contributed by atoms with E-state index < -0.39 is 0 Å². The lowest BCUT2D eigenvalue weighted by atomic mass is 10.0. The minimum atomic E-state index is -0.183. The van der Waals surface area contributed by atoms with Crippen LogP contribution in [0.25, 0.3) is 0 Å². The third kappa shape index (κ3) is 6.65. The van der Waals surface area contributed by atoms with Crippen molar-refractivity contribution >= 4 is 5.91 Å². The van der Waals surface area contributed by atoms with E-state index in [4.69, 9.17) is 0 Å². The molecule has 0 aliphatic heterocycles. The van der Waals surface area contributed by atoms with Crippen LogP contribution in [0.2, 0.25) is 0 Å². The van der Waals surface area contributed by atoms with Crippen LogP contribution in [0.15, 0.2) is 18.2 Å². The minimum Gasteiger partial charge on any atom is -0.507 e. The summed E-state index contributed by atoms with van der Waals surface area (Å²) in [6.07, 6.45) is 6.77. The van der Waals surface area contributed by atoms with Crippen molar-refractivity contribution in [3.8, 4) is 5.75 Å². The van der Waals surface area contributed by atoms with E-state index in [0.717, 1.165) is 30.7 Å². The third-order valence-electron chi connectivity index (χ3n) is 3.71. The van der Waals surface area contributed by atoms with Gasteiger partial charge in [0.15, 0.2) is 0 Å². The first-order chi connectivity index (χ1) is 10.0. The third-order valence-corrected chi connectivity index (χ3v) is 3.71. The number of nitrogens with one attached hydrogen (secondary N) is 1. The van der Waals surface area contributed by atoms with Crippen molar-refractivity contribution in [3.05, 3.63) is 29.3 Å². The number of benzene rings is 1. The van der Waals surface area contributed by atoms with E-state index >= 15 is 0 Å². The lowest BCUT2D eigenvalue weighted by molar-refractivity contribution is 0.0950. The molecule has 1 aromatic rings. The quantitative estimate of drug-likeness (QED) is 0.667. The predicted octanol–water partition coefficient (Wildman–Crippen LogP) is 4.29. The molecule has 3 heteroatoms. The van der Waals surface area contributed by atoms with Gasteiger partial charge in [-0.1, -0.05) is 52.5 Å². The first-order valence-corrected chi connectivity index (χ1v) is 8.14. The van der Waals surface area contributed by atoms with E-state index in [1.54, 1.807) is 12.1 Å². The summed E-state index contributed by atoms with van der Waals surface area (Å²) in [5, 5.41) is 12.7. The number of hydrogen-bond acceptors (Lipinski definition) is 2. The van der Waals surface area contributed by atoms with Crippen LogP contribution in [0.4, 0.5) is 0 Å². The maximum absolute atomic E-state index is 12.0. The molecule has 0 atom stereocenters. The Labute approximate surface area is 128 Å². The zero-order valence-corrected chi connectivity index (χ0v) is 13.6. The molecular weight excluding hydrogens is 262 g/mol. The first-order valence-electron chi connectivity index (χ1n) is 8.14. The first kappa shape index (κ1) is 17.5. The van der Waals surface area contributed by atoms with Gasteiger partial charge >= 0.3 is 0 Å². The van der Waals surface area contributed by atoms with Crippen LogP contribution < -0.4 is 5.32 Å². The number of rotatable bonds is 9. The highest BCUT2D eigenvalue weighted by atomic mass is 16.3. The highest BCUT2D eigenvalue weighted by molar-refractivity contribution is 5.96. The molecule has 0 heterocycles. The molecule has 0 aliphatic rings. The number of aromatic hydroxyl groups is 1. The van der Waals surface area contributed by atoms with Crippen LogP contribution in [0.1, 0.15) is 68.8 Å². The maximum Gasteiger partial charge on any atom is 0.255 e. The van der Waals surface area contributed by atoms with Crippen molar-refractivity contribution in [2.24, 2.45) is 5.92 Å². The molecule has 118 valence electrons. The van der Waals surface area contributed by atoms with Gasteiger partial charge < -0.3 is 10.4 Å². The summed E-state index contributed by atoms with van der Waals surface area (Å²) in [5.41, 5.74) is 1.40. The molecule has 0 fully saturated rings. The summed E-state index contributed by atoms with van der Waals surface area (Å²) in [4.78, 5) is 12.0. The fourth-order valence-electron chi connectivity index (χ4n) is 2.32. The second-order valence-corrected chi connectivity index (χ2v) is 6.06. The largest absolute Gasteiger partial charge is 0.507 e. The fraction of sp³-hybridized carbons (Fsp3) is 0.611. The van der Waals surface area contributed by atoms with E-state index in [9.17, 15) is 9.90 Å². The number of carbonyl (C=O) groups is 1. The van der Waals surface area contributed by atoms with Crippen LogP contribution in [-0.4, -0.2) is 17.6 Å². The van der Waals surface area contributed by atoms with Gasteiger partial charge in [-0.3, -0.25) is 4.79 Å². The lowest BCUT2D eigenvalue weighted by Gasteiger charge is -2.08. The molecule has 0 unspecified atom stereocenters. The maximum atomic E-state index is 12.0. The summed E-state index contributed by atoms with van der Waals surface area (Å²) in [7, 11) is 0. The van der Waals surface area contributed by atoms with Crippen LogP contribution in [0.5, 0.6) is 5.75 Å². The van der Waals surface area contributed by atoms with E-state index in [2.05, 4.69) is 19.2 Å². The summed E-state index contributed by atoms with van der Waals surface area (Å²) in [6, 6.07) is 5.26. The molecule has 0 bridgehead atoms. The predicted molar refractivity (Wildman–Crippen MR) is 87.7 cm³/mol. The molecule has 0 radical (unpaired) electrons. The van der Waals surface area contributed by atoms with E-state index in [1.807, 2.05) is 13.0 Å². The average Bonchev–Trinajstić information content (AvgIpc) is 2.45. The van der Waals surface area contributed by atoms with Crippen molar-refractivity contribution in [2.45, 2.75) is 59.3 Å². The van der Waals surface area contributed by atoms with Gasteiger partial charge in [0, 0.05) is 6.54 Å². The van der Waals surface area contributed by atoms with Gasteiger partial charge in [-0.2, -0.15) is 0 Å². The second-order valence-electron chi connectivity index (χ2n) is 6.06. The van der Waals surface area contributed by atoms with Gasteiger partial charge in [0.2, 0.25) is 0 Å². The second kappa shape index (κ2) is 9.43. The van der Waals surface area contributed by atoms with Crippen LogP contribution in [0, 0.1) is 5.92 Å². The monoisotopic (exact) mass is 291 g/mol. The molecule has 21 heavy (non-hydrogen) atoms. The molecule has 3 nitrogen and oxygen atoms in total. The number of phenols is 1.